The van der Waals surface area contributed by atoms with Crippen molar-refractivity contribution in [1.29, 1.82) is 0 Å². The molecule has 0 bridgehead atoms. The lowest BCUT2D eigenvalue weighted by Gasteiger charge is -2.20. The Balaban J connectivity index is 1.92. The van der Waals surface area contributed by atoms with Crippen LogP contribution in [0.5, 0.6) is 0 Å². The van der Waals surface area contributed by atoms with E-state index in [1.807, 2.05) is 0 Å². The summed E-state index contributed by atoms with van der Waals surface area (Å²) in [6.07, 6.45) is 2.18. The number of carbonyl (C=O) groups excluding carboxylic acids is 1. The Bertz CT molecular complexity index is 506. The van der Waals surface area contributed by atoms with Gasteiger partial charge >= 0.3 is 0 Å². The second-order valence-electron chi connectivity index (χ2n) is 5.75. The van der Waals surface area contributed by atoms with Gasteiger partial charge in [0.05, 0.1) is 11.8 Å². The molecule has 1 saturated heterocycles. The topological polar surface area (TPSA) is 57.3 Å². The van der Waals surface area contributed by atoms with Crippen molar-refractivity contribution in [3.05, 3.63) is 23.6 Å². The summed E-state index contributed by atoms with van der Waals surface area (Å²) < 4.78 is 13.2. The van der Waals surface area contributed by atoms with Gasteiger partial charge in [0.1, 0.15) is 11.6 Å². The Kier molecular flexibility index (Phi) is 5.12. The first-order valence-corrected chi connectivity index (χ1v) is 7.36. The Morgan fingerprint density at radius 1 is 1.57 bits per heavy atom. The largest absolute Gasteiger partial charge is 0.372 e. The number of likely N-dealkylation sites (tertiary alicyclic amines) is 1. The summed E-state index contributed by atoms with van der Waals surface area (Å²) >= 11 is 0. The molecule has 0 saturated carbocycles. The van der Waals surface area contributed by atoms with Crippen molar-refractivity contribution in [3.8, 4) is 0 Å². The van der Waals surface area contributed by atoms with Gasteiger partial charge in [-0.1, -0.05) is 0 Å². The van der Waals surface area contributed by atoms with Crippen molar-refractivity contribution < 1.29 is 9.18 Å². The zero-order valence-electron chi connectivity index (χ0n) is 12.8. The van der Waals surface area contributed by atoms with Gasteiger partial charge in [0.25, 0.3) is 5.91 Å². The van der Waals surface area contributed by atoms with E-state index in [1.165, 1.54) is 6.07 Å². The zero-order valence-corrected chi connectivity index (χ0v) is 12.8. The van der Waals surface area contributed by atoms with E-state index in [1.54, 1.807) is 7.05 Å². The fourth-order valence-electron chi connectivity index (χ4n) is 2.64. The molecule has 1 fully saturated rings. The number of anilines is 1. The molecule has 2 rings (SSSR count). The maximum Gasteiger partial charge on any atom is 0.255 e. The summed E-state index contributed by atoms with van der Waals surface area (Å²) in [6, 6.07) is 1.75. The molecule has 21 heavy (non-hydrogen) atoms. The highest BCUT2D eigenvalue weighted by molar-refractivity contribution is 5.98. The van der Waals surface area contributed by atoms with Gasteiger partial charge in [0.2, 0.25) is 0 Å². The van der Waals surface area contributed by atoms with Crippen LogP contribution in [0.4, 0.5) is 10.2 Å². The average molecular weight is 294 g/mol. The second kappa shape index (κ2) is 6.85. The number of pyridine rings is 1. The molecule has 0 aliphatic carbocycles. The summed E-state index contributed by atoms with van der Waals surface area (Å²) in [5, 5.41) is 5.70. The summed E-state index contributed by atoms with van der Waals surface area (Å²) in [6.45, 7) is 7.04. The van der Waals surface area contributed by atoms with E-state index < -0.39 is 5.82 Å². The maximum atomic E-state index is 13.2. The molecule has 1 aromatic rings. The molecule has 1 aliphatic rings. The van der Waals surface area contributed by atoms with E-state index >= 15 is 0 Å². The highest BCUT2D eigenvalue weighted by Crippen LogP contribution is 2.18. The Morgan fingerprint density at radius 3 is 2.95 bits per heavy atom. The van der Waals surface area contributed by atoms with E-state index in [9.17, 15) is 9.18 Å². The van der Waals surface area contributed by atoms with Gasteiger partial charge in [0.15, 0.2) is 0 Å². The van der Waals surface area contributed by atoms with Crippen LogP contribution in [0.25, 0.3) is 0 Å². The van der Waals surface area contributed by atoms with Gasteiger partial charge in [-0.2, -0.15) is 0 Å². The number of aromatic nitrogens is 1. The second-order valence-corrected chi connectivity index (χ2v) is 5.75. The minimum absolute atomic E-state index is 0.246. The third-order valence-electron chi connectivity index (χ3n) is 3.93. The van der Waals surface area contributed by atoms with Crippen LogP contribution < -0.4 is 10.6 Å². The van der Waals surface area contributed by atoms with Crippen LogP contribution >= 0.6 is 0 Å². The van der Waals surface area contributed by atoms with Crippen LogP contribution in [-0.4, -0.2) is 48.5 Å². The third kappa shape index (κ3) is 3.91. The van der Waals surface area contributed by atoms with Crippen LogP contribution in [0.3, 0.4) is 0 Å². The number of rotatable bonds is 5. The van der Waals surface area contributed by atoms with Crippen molar-refractivity contribution in [2.45, 2.75) is 26.3 Å². The van der Waals surface area contributed by atoms with E-state index in [2.05, 4.69) is 34.4 Å². The van der Waals surface area contributed by atoms with Crippen LogP contribution in [0, 0.1) is 11.7 Å². The van der Waals surface area contributed by atoms with E-state index in [0.29, 0.717) is 24.3 Å². The minimum atomic E-state index is -0.508. The van der Waals surface area contributed by atoms with Crippen molar-refractivity contribution in [1.82, 2.24) is 15.2 Å². The number of nitrogens with zero attached hydrogens (tertiary/aromatic N) is 2. The Morgan fingerprint density at radius 2 is 2.33 bits per heavy atom. The number of hydrogen-bond donors (Lipinski definition) is 2. The number of nitrogens with one attached hydrogen (secondary N) is 2. The lowest BCUT2D eigenvalue weighted by Crippen LogP contribution is -2.33. The van der Waals surface area contributed by atoms with Crippen molar-refractivity contribution in [2.75, 3.05) is 32.0 Å². The standard InChI is InChI=1S/C15H23FN4O/c1-10(2)20-5-4-11(9-20)7-19-15(21)13-6-12(16)8-18-14(13)17-3/h6,8,10-11H,4-5,7,9H2,1-3H3,(H,17,18)(H,19,21). The highest BCUT2D eigenvalue weighted by atomic mass is 19.1. The Labute approximate surface area is 124 Å². The number of hydrogen-bond acceptors (Lipinski definition) is 4. The summed E-state index contributed by atoms with van der Waals surface area (Å²) in [5.74, 6) is 0.0559. The third-order valence-corrected chi connectivity index (χ3v) is 3.93. The normalized spacial score (nSPS) is 19.0. The lowest BCUT2D eigenvalue weighted by molar-refractivity contribution is 0.0947. The summed E-state index contributed by atoms with van der Waals surface area (Å²) in [5.41, 5.74) is 0.246. The number of halogens is 1. The lowest BCUT2D eigenvalue weighted by atomic mass is 10.1. The molecule has 2 N–H and O–H groups in total. The molecule has 0 spiro atoms. The van der Waals surface area contributed by atoms with Gasteiger partial charge in [-0.05, 0) is 38.8 Å². The van der Waals surface area contributed by atoms with Crippen LogP contribution in [0.2, 0.25) is 0 Å². The van der Waals surface area contributed by atoms with Crippen LogP contribution in [0.15, 0.2) is 12.3 Å². The first kappa shape index (κ1) is 15.7. The maximum absolute atomic E-state index is 13.2. The molecule has 2 heterocycles. The fraction of sp³-hybridized carbons (Fsp3) is 0.600. The quantitative estimate of drug-likeness (QED) is 0.868. The van der Waals surface area contributed by atoms with Gasteiger partial charge < -0.3 is 15.5 Å². The molecule has 5 nitrogen and oxygen atoms in total. The van der Waals surface area contributed by atoms with E-state index in [0.717, 1.165) is 25.7 Å². The van der Waals surface area contributed by atoms with Gasteiger partial charge in [-0.25, -0.2) is 9.37 Å². The van der Waals surface area contributed by atoms with Crippen molar-refractivity contribution in [2.24, 2.45) is 5.92 Å². The van der Waals surface area contributed by atoms with Crippen molar-refractivity contribution in [3.63, 3.8) is 0 Å². The molecule has 1 aliphatic heterocycles. The van der Waals surface area contributed by atoms with Crippen LogP contribution in [-0.2, 0) is 0 Å². The molecule has 0 radical (unpaired) electrons. The average Bonchev–Trinajstić information content (AvgIpc) is 2.94. The summed E-state index contributed by atoms with van der Waals surface area (Å²) in [4.78, 5) is 18.5. The molecule has 0 aromatic carbocycles. The monoisotopic (exact) mass is 294 g/mol. The first-order valence-electron chi connectivity index (χ1n) is 7.36. The SMILES string of the molecule is CNc1ncc(F)cc1C(=O)NCC1CCN(C(C)C)C1. The van der Waals surface area contributed by atoms with Gasteiger partial charge in [0, 0.05) is 26.2 Å². The predicted molar refractivity (Wildman–Crippen MR) is 80.9 cm³/mol. The Hall–Kier alpha value is -1.69. The molecular formula is C15H23FN4O. The van der Waals surface area contributed by atoms with E-state index in [4.69, 9.17) is 0 Å². The summed E-state index contributed by atoms with van der Waals surface area (Å²) in [7, 11) is 1.66. The number of carbonyl (C=O) groups is 1. The molecule has 6 heteroatoms. The predicted octanol–water partition coefficient (Wildman–Crippen LogP) is 1.72. The molecule has 1 unspecified atom stereocenters. The van der Waals surface area contributed by atoms with Crippen LogP contribution in [0.1, 0.15) is 30.6 Å². The smallest absolute Gasteiger partial charge is 0.255 e. The fourth-order valence-corrected chi connectivity index (χ4v) is 2.64. The first-order chi connectivity index (χ1) is 10.0. The van der Waals surface area contributed by atoms with Gasteiger partial charge in [-0.3, -0.25) is 4.79 Å². The molecule has 116 valence electrons. The minimum Gasteiger partial charge on any atom is -0.372 e. The zero-order chi connectivity index (χ0) is 15.4. The number of amides is 1. The molecule has 1 aromatic heterocycles. The molecule has 1 amide bonds. The molecular weight excluding hydrogens is 271 g/mol. The van der Waals surface area contributed by atoms with Crippen molar-refractivity contribution >= 4 is 11.7 Å². The van der Waals surface area contributed by atoms with E-state index in [-0.39, 0.29) is 11.5 Å². The molecule has 1 atom stereocenters. The van der Waals surface area contributed by atoms with Gasteiger partial charge in [-0.15, -0.1) is 0 Å². The highest BCUT2D eigenvalue weighted by Gasteiger charge is 2.24.